The fraction of sp³-hybridized carbons (Fsp3) is 0.381. The summed E-state index contributed by atoms with van der Waals surface area (Å²) in [7, 11) is 0. The number of halogens is 1. The molecule has 2 aliphatic rings. The van der Waals surface area contributed by atoms with Crippen molar-refractivity contribution in [2.45, 2.75) is 48.3 Å². The van der Waals surface area contributed by atoms with Gasteiger partial charge < -0.3 is 4.90 Å². The van der Waals surface area contributed by atoms with Gasteiger partial charge in [-0.2, -0.15) is 0 Å². The predicted octanol–water partition coefficient (Wildman–Crippen LogP) is 4.50. The molecular formula is C21H21ClN6OS. The minimum absolute atomic E-state index is 0.00164. The maximum Gasteiger partial charge on any atom is 0.255 e. The highest BCUT2D eigenvalue weighted by atomic mass is 35.5. The zero-order chi connectivity index (χ0) is 20.5. The molecule has 0 N–H and O–H groups in total. The summed E-state index contributed by atoms with van der Waals surface area (Å²) in [4.78, 5) is 23.2. The number of likely N-dealkylation sites (tertiary alicyclic amines) is 1. The van der Waals surface area contributed by atoms with Crippen LogP contribution in [0, 0.1) is 0 Å². The lowest BCUT2D eigenvalue weighted by atomic mass is 10.1. The Balaban J connectivity index is 1.40. The number of carbonyl (C=O) groups is 1. The summed E-state index contributed by atoms with van der Waals surface area (Å²) in [6, 6.07) is 5.98. The zero-order valence-corrected chi connectivity index (χ0v) is 17.9. The maximum atomic E-state index is 12.7. The number of amides is 1. The van der Waals surface area contributed by atoms with E-state index in [0.717, 1.165) is 55.3 Å². The third-order valence-electron chi connectivity index (χ3n) is 5.40. The predicted molar refractivity (Wildman–Crippen MR) is 115 cm³/mol. The second-order valence-electron chi connectivity index (χ2n) is 7.61. The van der Waals surface area contributed by atoms with E-state index >= 15 is 0 Å². The molecule has 1 aliphatic carbocycles. The molecule has 1 saturated heterocycles. The van der Waals surface area contributed by atoms with Crippen LogP contribution in [0.15, 0.2) is 47.0 Å². The molecule has 0 atom stereocenters. The van der Waals surface area contributed by atoms with Crippen molar-refractivity contribution >= 4 is 29.3 Å². The van der Waals surface area contributed by atoms with E-state index < -0.39 is 0 Å². The molecule has 0 bridgehead atoms. The van der Waals surface area contributed by atoms with Crippen LogP contribution in [0.3, 0.4) is 0 Å². The number of carbonyl (C=O) groups excluding carboxylic acids is 1. The lowest BCUT2D eigenvalue weighted by Gasteiger charge is -2.26. The molecule has 1 saturated carbocycles. The number of nitrogens with zero attached hydrogens (tertiary/aromatic N) is 6. The van der Waals surface area contributed by atoms with Crippen LogP contribution in [0.1, 0.15) is 48.5 Å². The van der Waals surface area contributed by atoms with E-state index in [1.165, 1.54) is 18.2 Å². The topological polar surface area (TPSA) is 76.8 Å². The van der Waals surface area contributed by atoms with Gasteiger partial charge in [-0.3, -0.25) is 14.3 Å². The van der Waals surface area contributed by atoms with Gasteiger partial charge in [-0.25, -0.2) is 4.98 Å². The smallest absolute Gasteiger partial charge is 0.255 e. The third kappa shape index (κ3) is 3.94. The monoisotopic (exact) mass is 440 g/mol. The Morgan fingerprint density at radius 1 is 1.10 bits per heavy atom. The summed E-state index contributed by atoms with van der Waals surface area (Å²) in [6.45, 7) is 1.60. The first-order valence-electron chi connectivity index (χ1n) is 10.2. The first-order chi connectivity index (χ1) is 14.7. The van der Waals surface area contributed by atoms with E-state index in [-0.39, 0.29) is 5.91 Å². The van der Waals surface area contributed by atoms with Crippen molar-refractivity contribution in [3.8, 4) is 11.4 Å². The molecule has 0 spiro atoms. The normalized spacial score (nSPS) is 16.6. The maximum absolute atomic E-state index is 12.7. The number of hydrogen-bond donors (Lipinski definition) is 0. The van der Waals surface area contributed by atoms with Gasteiger partial charge in [0.05, 0.1) is 10.6 Å². The van der Waals surface area contributed by atoms with E-state index in [4.69, 9.17) is 11.6 Å². The Morgan fingerprint density at radius 3 is 2.57 bits per heavy atom. The third-order valence-corrected chi connectivity index (χ3v) is 6.78. The highest BCUT2D eigenvalue weighted by molar-refractivity contribution is 7.99. The molecule has 154 valence electrons. The zero-order valence-electron chi connectivity index (χ0n) is 16.4. The van der Waals surface area contributed by atoms with Gasteiger partial charge in [-0.15, -0.1) is 10.2 Å². The Labute approximate surface area is 183 Å². The summed E-state index contributed by atoms with van der Waals surface area (Å²) < 4.78 is 2.16. The van der Waals surface area contributed by atoms with Crippen LogP contribution >= 0.6 is 23.4 Å². The Kier molecular flexibility index (Phi) is 5.43. The lowest BCUT2D eigenvalue weighted by Crippen LogP contribution is -2.35. The first-order valence-corrected chi connectivity index (χ1v) is 11.4. The molecule has 3 aromatic rings. The van der Waals surface area contributed by atoms with Gasteiger partial charge in [-0.1, -0.05) is 11.6 Å². The summed E-state index contributed by atoms with van der Waals surface area (Å²) in [5.41, 5.74) is 1.52. The van der Waals surface area contributed by atoms with Gasteiger partial charge in [0.15, 0.2) is 11.0 Å². The van der Waals surface area contributed by atoms with Gasteiger partial charge >= 0.3 is 0 Å². The molecule has 1 aliphatic heterocycles. The van der Waals surface area contributed by atoms with E-state index in [2.05, 4.69) is 24.7 Å². The molecular weight excluding hydrogens is 420 g/mol. The highest BCUT2D eigenvalue weighted by Gasteiger charge is 2.31. The van der Waals surface area contributed by atoms with Crippen molar-refractivity contribution in [1.29, 1.82) is 0 Å². The van der Waals surface area contributed by atoms with Crippen molar-refractivity contribution < 1.29 is 4.79 Å². The van der Waals surface area contributed by atoms with Crippen molar-refractivity contribution in [3.63, 3.8) is 0 Å². The highest BCUT2D eigenvalue weighted by Crippen LogP contribution is 2.43. The van der Waals surface area contributed by atoms with E-state index in [9.17, 15) is 4.79 Å². The van der Waals surface area contributed by atoms with Gasteiger partial charge in [0.2, 0.25) is 0 Å². The minimum atomic E-state index is 0.00164. The molecule has 4 heterocycles. The molecule has 0 radical (unpaired) electrons. The average Bonchev–Trinajstić information content (AvgIpc) is 3.55. The minimum Gasteiger partial charge on any atom is -0.339 e. The van der Waals surface area contributed by atoms with Crippen LogP contribution in [-0.2, 0) is 0 Å². The van der Waals surface area contributed by atoms with Crippen LogP contribution in [-0.4, -0.2) is 48.6 Å². The molecule has 5 rings (SSSR count). The van der Waals surface area contributed by atoms with Crippen molar-refractivity contribution in [2.75, 3.05) is 13.1 Å². The number of aromatic nitrogens is 5. The van der Waals surface area contributed by atoms with E-state index in [1.807, 2.05) is 17.0 Å². The SMILES string of the molecule is O=C(c1cnc(Sc2nnc(-c3ccncc3)n2C2CC2)c(Cl)c1)N1CCCCC1. The molecule has 2 fully saturated rings. The van der Waals surface area contributed by atoms with Gasteiger partial charge in [-0.05, 0) is 62.1 Å². The number of hydrogen-bond acceptors (Lipinski definition) is 6. The molecule has 0 aromatic carbocycles. The fourth-order valence-electron chi connectivity index (χ4n) is 3.69. The summed E-state index contributed by atoms with van der Waals surface area (Å²) in [5.74, 6) is 0.831. The summed E-state index contributed by atoms with van der Waals surface area (Å²) in [6.07, 6.45) is 10.6. The van der Waals surface area contributed by atoms with Crippen LogP contribution < -0.4 is 0 Å². The van der Waals surface area contributed by atoms with E-state index in [0.29, 0.717) is 21.7 Å². The molecule has 7 nitrogen and oxygen atoms in total. The summed E-state index contributed by atoms with van der Waals surface area (Å²) >= 11 is 7.90. The molecule has 3 aromatic heterocycles. The fourth-order valence-corrected chi connectivity index (χ4v) is 4.82. The summed E-state index contributed by atoms with van der Waals surface area (Å²) in [5, 5.41) is 10.7. The van der Waals surface area contributed by atoms with Crippen LogP contribution in [0.4, 0.5) is 0 Å². The van der Waals surface area contributed by atoms with Gasteiger partial charge in [0.1, 0.15) is 5.03 Å². The lowest BCUT2D eigenvalue weighted by molar-refractivity contribution is 0.0724. The molecule has 30 heavy (non-hydrogen) atoms. The van der Waals surface area contributed by atoms with Crippen molar-refractivity contribution in [2.24, 2.45) is 0 Å². The number of rotatable bonds is 5. The van der Waals surface area contributed by atoms with Crippen molar-refractivity contribution in [1.82, 2.24) is 29.6 Å². The Morgan fingerprint density at radius 2 is 1.87 bits per heavy atom. The van der Waals surface area contributed by atoms with Crippen LogP contribution in [0.2, 0.25) is 5.02 Å². The van der Waals surface area contributed by atoms with Crippen LogP contribution in [0.5, 0.6) is 0 Å². The second-order valence-corrected chi connectivity index (χ2v) is 8.97. The van der Waals surface area contributed by atoms with Crippen LogP contribution in [0.25, 0.3) is 11.4 Å². The second kappa shape index (κ2) is 8.35. The standard InChI is InChI=1S/C21H21ClN6OS/c22-17-12-15(20(29)27-10-2-1-3-11-27)13-24-19(17)30-21-26-25-18(28(21)16-4-5-16)14-6-8-23-9-7-14/h6-9,12-13,16H,1-5,10-11H2. The quantitative estimate of drug-likeness (QED) is 0.581. The molecule has 1 amide bonds. The Hall–Kier alpha value is -2.45. The molecule has 0 unspecified atom stereocenters. The Bertz CT molecular complexity index is 1060. The number of pyridine rings is 2. The van der Waals surface area contributed by atoms with Crippen molar-refractivity contribution in [3.05, 3.63) is 47.4 Å². The van der Waals surface area contributed by atoms with Gasteiger partial charge in [0.25, 0.3) is 5.91 Å². The number of piperidine rings is 1. The average molecular weight is 441 g/mol. The largest absolute Gasteiger partial charge is 0.339 e. The first kappa shape index (κ1) is 19.5. The van der Waals surface area contributed by atoms with E-state index in [1.54, 1.807) is 24.7 Å². The van der Waals surface area contributed by atoms with Gasteiger partial charge in [0, 0.05) is 43.3 Å². The molecule has 9 heteroatoms.